The molecule has 32 heavy (non-hydrogen) atoms. The van der Waals surface area contributed by atoms with Gasteiger partial charge in [-0.25, -0.2) is 4.68 Å². The first-order valence-corrected chi connectivity index (χ1v) is 10.9. The Morgan fingerprint density at radius 1 is 1.06 bits per heavy atom. The minimum atomic E-state index is -0.165. The predicted molar refractivity (Wildman–Crippen MR) is 121 cm³/mol. The number of carbonyl (C=O) groups excluding carboxylic acids is 1. The summed E-state index contributed by atoms with van der Waals surface area (Å²) in [6, 6.07) is 17.4. The maximum Gasteiger partial charge on any atom is 0.255 e. The molecule has 0 bridgehead atoms. The summed E-state index contributed by atoms with van der Waals surface area (Å²) in [5.41, 5.74) is 2.81. The smallest absolute Gasteiger partial charge is 0.255 e. The first-order valence-electron chi connectivity index (χ1n) is 10.9. The number of carbonyl (C=O) groups is 1. The molecule has 5 rings (SSSR count). The van der Waals surface area contributed by atoms with Gasteiger partial charge < -0.3 is 9.73 Å². The maximum atomic E-state index is 13.3. The van der Waals surface area contributed by atoms with E-state index in [0.717, 1.165) is 30.1 Å². The van der Waals surface area contributed by atoms with Crippen molar-refractivity contribution in [2.24, 2.45) is 0 Å². The number of para-hydroxylation sites is 1. The van der Waals surface area contributed by atoms with Gasteiger partial charge in [-0.05, 0) is 62.3 Å². The van der Waals surface area contributed by atoms with Crippen molar-refractivity contribution in [3.05, 3.63) is 90.8 Å². The first-order chi connectivity index (χ1) is 15.8. The number of hydrogen-bond donors (Lipinski definition) is 1. The Kier molecular flexibility index (Phi) is 5.81. The summed E-state index contributed by atoms with van der Waals surface area (Å²) in [4.78, 5) is 19.9. The number of furan rings is 1. The van der Waals surface area contributed by atoms with Crippen molar-refractivity contribution in [3.8, 4) is 16.9 Å². The average Bonchev–Trinajstić information content (AvgIpc) is 3.63. The van der Waals surface area contributed by atoms with Gasteiger partial charge in [-0.15, -0.1) is 0 Å². The largest absolute Gasteiger partial charge is 0.468 e. The van der Waals surface area contributed by atoms with Gasteiger partial charge in [-0.2, -0.15) is 5.10 Å². The van der Waals surface area contributed by atoms with Crippen LogP contribution in [0.4, 0.5) is 0 Å². The molecule has 0 spiro atoms. The van der Waals surface area contributed by atoms with Crippen molar-refractivity contribution >= 4 is 5.91 Å². The maximum absolute atomic E-state index is 13.3. The molecule has 162 valence electrons. The van der Waals surface area contributed by atoms with E-state index in [2.05, 4.69) is 15.2 Å². The average molecular weight is 428 g/mol. The van der Waals surface area contributed by atoms with Gasteiger partial charge in [0, 0.05) is 30.7 Å². The zero-order valence-electron chi connectivity index (χ0n) is 17.7. The van der Waals surface area contributed by atoms with Gasteiger partial charge in [0.25, 0.3) is 5.91 Å². The molecule has 4 heterocycles. The van der Waals surface area contributed by atoms with Crippen molar-refractivity contribution in [2.75, 3.05) is 19.6 Å². The van der Waals surface area contributed by atoms with Crippen LogP contribution in [-0.4, -0.2) is 45.2 Å². The van der Waals surface area contributed by atoms with E-state index in [1.54, 1.807) is 29.5 Å². The molecule has 1 amide bonds. The number of benzene rings is 1. The second-order valence-corrected chi connectivity index (χ2v) is 7.90. The normalized spacial score (nSPS) is 15.0. The number of amides is 1. The third-order valence-electron chi connectivity index (χ3n) is 5.82. The van der Waals surface area contributed by atoms with Crippen LogP contribution in [0, 0.1) is 0 Å². The van der Waals surface area contributed by atoms with Crippen molar-refractivity contribution < 1.29 is 9.21 Å². The molecule has 7 nitrogen and oxygen atoms in total. The van der Waals surface area contributed by atoms with Gasteiger partial charge in [0.2, 0.25) is 0 Å². The Morgan fingerprint density at radius 3 is 2.62 bits per heavy atom. The fraction of sp³-hybridized carbons (Fsp3) is 0.240. The van der Waals surface area contributed by atoms with Crippen LogP contribution in [0.15, 0.2) is 83.9 Å². The Morgan fingerprint density at radius 2 is 1.91 bits per heavy atom. The third-order valence-corrected chi connectivity index (χ3v) is 5.82. The number of nitrogens with one attached hydrogen (secondary N) is 1. The summed E-state index contributed by atoms with van der Waals surface area (Å²) >= 11 is 0. The van der Waals surface area contributed by atoms with Crippen LogP contribution in [0.25, 0.3) is 16.9 Å². The molecule has 1 aliphatic heterocycles. The van der Waals surface area contributed by atoms with Crippen LogP contribution in [0.2, 0.25) is 0 Å². The molecule has 4 aromatic rings. The van der Waals surface area contributed by atoms with E-state index in [1.165, 1.54) is 12.8 Å². The molecular formula is C25H25N5O2. The van der Waals surface area contributed by atoms with Crippen LogP contribution in [0.5, 0.6) is 0 Å². The lowest BCUT2D eigenvalue weighted by molar-refractivity contribution is 0.0934. The van der Waals surface area contributed by atoms with Gasteiger partial charge >= 0.3 is 0 Å². The van der Waals surface area contributed by atoms with Crippen molar-refractivity contribution in [1.29, 1.82) is 0 Å². The zero-order valence-corrected chi connectivity index (χ0v) is 17.7. The summed E-state index contributed by atoms with van der Waals surface area (Å²) in [6.07, 6.45) is 9.24. The minimum absolute atomic E-state index is 0.0162. The monoisotopic (exact) mass is 427 g/mol. The molecule has 1 N–H and O–H groups in total. The van der Waals surface area contributed by atoms with E-state index in [0.29, 0.717) is 17.8 Å². The SMILES string of the molecule is O=C(NCC(c1ccco1)N1CCCC1)c1cn(-c2ccccc2)nc1-c1cccnc1. The molecule has 1 atom stereocenters. The molecule has 1 aromatic carbocycles. The quantitative estimate of drug-likeness (QED) is 0.481. The molecule has 0 saturated carbocycles. The fourth-order valence-corrected chi connectivity index (χ4v) is 4.20. The molecule has 0 radical (unpaired) electrons. The highest BCUT2D eigenvalue weighted by Gasteiger charge is 2.27. The van der Waals surface area contributed by atoms with E-state index < -0.39 is 0 Å². The van der Waals surface area contributed by atoms with Crippen LogP contribution in [-0.2, 0) is 0 Å². The molecule has 1 aliphatic rings. The number of nitrogens with zero attached hydrogens (tertiary/aromatic N) is 4. The zero-order chi connectivity index (χ0) is 21.8. The highest BCUT2D eigenvalue weighted by Crippen LogP contribution is 2.26. The van der Waals surface area contributed by atoms with Gasteiger partial charge in [-0.1, -0.05) is 18.2 Å². The fourth-order valence-electron chi connectivity index (χ4n) is 4.20. The van der Waals surface area contributed by atoms with E-state index in [1.807, 2.05) is 54.6 Å². The van der Waals surface area contributed by atoms with Gasteiger partial charge in [0.15, 0.2) is 0 Å². The van der Waals surface area contributed by atoms with E-state index >= 15 is 0 Å². The Hall–Kier alpha value is -3.71. The van der Waals surface area contributed by atoms with E-state index in [9.17, 15) is 4.79 Å². The summed E-state index contributed by atoms with van der Waals surface area (Å²) in [5, 5.41) is 7.84. The summed E-state index contributed by atoms with van der Waals surface area (Å²) in [5.74, 6) is 0.710. The Balaban J connectivity index is 1.42. The van der Waals surface area contributed by atoms with Crippen LogP contribution < -0.4 is 5.32 Å². The van der Waals surface area contributed by atoms with E-state index in [4.69, 9.17) is 9.52 Å². The van der Waals surface area contributed by atoms with Crippen molar-refractivity contribution in [2.45, 2.75) is 18.9 Å². The number of rotatable bonds is 7. The molecule has 1 fully saturated rings. The van der Waals surface area contributed by atoms with Crippen LogP contribution in [0.3, 0.4) is 0 Å². The molecule has 3 aromatic heterocycles. The molecule has 1 saturated heterocycles. The van der Waals surface area contributed by atoms with Gasteiger partial charge in [-0.3, -0.25) is 14.7 Å². The van der Waals surface area contributed by atoms with Crippen LogP contribution >= 0.6 is 0 Å². The number of pyridine rings is 1. The summed E-state index contributed by atoms with van der Waals surface area (Å²) in [7, 11) is 0. The predicted octanol–water partition coefficient (Wildman–Crippen LogP) is 4.09. The molecule has 0 aliphatic carbocycles. The molecule has 1 unspecified atom stereocenters. The van der Waals surface area contributed by atoms with Crippen LogP contribution in [0.1, 0.15) is 35.0 Å². The Bertz CT molecular complexity index is 1150. The lowest BCUT2D eigenvalue weighted by atomic mass is 10.1. The Labute approximate surface area is 186 Å². The second kappa shape index (κ2) is 9.20. The summed E-state index contributed by atoms with van der Waals surface area (Å²) in [6.45, 7) is 2.48. The highest BCUT2D eigenvalue weighted by atomic mass is 16.3. The molecule has 7 heteroatoms. The van der Waals surface area contributed by atoms with Crippen molar-refractivity contribution in [1.82, 2.24) is 25.0 Å². The lowest BCUT2D eigenvalue weighted by Crippen LogP contribution is -2.36. The number of likely N-dealkylation sites (tertiary alicyclic amines) is 1. The second-order valence-electron chi connectivity index (χ2n) is 7.90. The first kappa shape index (κ1) is 20.2. The summed E-state index contributed by atoms with van der Waals surface area (Å²) < 4.78 is 7.42. The molecular weight excluding hydrogens is 402 g/mol. The third kappa shape index (κ3) is 4.20. The highest BCUT2D eigenvalue weighted by molar-refractivity contribution is 5.99. The standard InChI is InChI=1S/C25H25N5O2/c31-25(27-17-22(23-11-7-15-32-23)29-13-4-5-14-29)21-18-30(20-9-2-1-3-10-20)28-24(21)19-8-6-12-26-16-19/h1-3,6-12,15-16,18,22H,4-5,13-14,17H2,(H,27,31). The minimum Gasteiger partial charge on any atom is -0.468 e. The topological polar surface area (TPSA) is 76.2 Å². The van der Waals surface area contributed by atoms with Gasteiger partial charge in [0.1, 0.15) is 11.5 Å². The number of aromatic nitrogens is 3. The van der Waals surface area contributed by atoms with Gasteiger partial charge in [0.05, 0.1) is 23.6 Å². The van der Waals surface area contributed by atoms with Crippen molar-refractivity contribution in [3.63, 3.8) is 0 Å². The number of hydrogen-bond acceptors (Lipinski definition) is 5. The lowest BCUT2D eigenvalue weighted by Gasteiger charge is -2.26. The van der Waals surface area contributed by atoms with E-state index in [-0.39, 0.29) is 11.9 Å².